The van der Waals surface area contributed by atoms with Gasteiger partial charge in [0.2, 0.25) is 0 Å². The van der Waals surface area contributed by atoms with Crippen molar-refractivity contribution in [3.05, 3.63) is 28.8 Å². The van der Waals surface area contributed by atoms with Gasteiger partial charge in [-0.15, -0.1) is 0 Å². The van der Waals surface area contributed by atoms with Crippen molar-refractivity contribution in [1.29, 1.82) is 0 Å². The van der Waals surface area contributed by atoms with Crippen LogP contribution in [0.2, 0.25) is 5.02 Å². The topological polar surface area (TPSA) is 61.5 Å². The van der Waals surface area contributed by atoms with Gasteiger partial charge in [0.25, 0.3) is 0 Å². The van der Waals surface area contributed by atoms with Gasteiger partial charge in [-0.05, 0) is 39.0 Å². The maximum Gasteiger partial charge on any atom is 0.338 e. The maximum absolute atomic E-state index is 11.7. The second kappa shape index (κ2) is 6.07. The normalized spacial score (nSPS) is 11.3. The number of hydrogen-bond donors (Lipinski definition) is 1. The fourth-order valence-electron chi connectivity index (χ4n) is 1.30. The van der Waals surface area contributed by atoms with Gasteiger partial charge in [0, 0.05) is 10.7 Å². The van der Waals surface area contributed by atoms with E-state index in [-0.39, 0.29) is 12.2 Å². The van der Waals surface area contributed by atoms with Crippen LogP contribution in [0.4, 0.5) is 5.69 Å². The van der Waals surface area contributed by atoms with E-state index in [1.807, 2.05) is 20.8 Å². The van der Waals surface area contributed by atoms with Gasteiger partial charge in [-0.2, -0.15) is 0 Å². The van der Waals surface area contributed by atoms with Gasteiger partial charge in [0.15, 0.2) is 0 Å². The van der Waals surface area contributed by atoms with Crippen LogP contribution >= 0.6 is 11.6 Å². The number of rotatable bonds is 4. The van der Waals surface area contributed by atoms with E-state index in [1.54, 1.807) is 6.07 Å². The van der Waals surface area contributed by atoms with Crippen LogP contribution in [-0.4, -0.2) is 24.8 Å². The number of carbonyl (C=O) groups is 1. The van der Waals surface area contributed by atoms with Crippen molar-refractivity contribution in [2.75, 3.05) is 18.9 Å². The molecule has 0 fully saturated rings. The van der Waals surface area contributed by atoms with Gasteiger partial charge < -0.3 is 15.2 Å². The summed E-state index contributed by atoms with van der Waals surface area (Å²) >= 11 is 5.80. The Morgan fingerprint density at radius 3 is 2.50 bits per heavy atom. The molecule has 100 valence electrons. The Kier molecular flexibility index (Phi) is 4.99. The molecular formula is C13H18ClNO3. The van der Waals surface area contributed by atoms with E-state index in [2.05, 4.69) is 0 Å². The lowest BCUT2D eigenvalue weighted by Gasteiger charge is -2.19. The molecule has 2 N–H and O–H groups in total. The first-order valence-corrected chi connectivity index (χ1v) is 6.03. The van der Waals surface area contributed by atoms with Crippen LogP contribution in [0.3, 0.4) is 0 Å². The summed E-state index contributed by atoms with van der Waals surface area (Å²) in [7, 11) is 0. The highest BCUT2D eigenvalue weighted by Crippen LogP contribution is 2.17. The van der Waals surface area contributed by atoms with E-state index in [1.165, 1.54) is 12.1 Å². The molecule has 0 aliphatic carbocycles. The molecule has 0 aromatic heterocycles. The van der Waals surface area contributed by atoms with Crippen molar-refractivity contribution in [1.82, 2.24) is 0 Å². The van der Waals surface area contributed by atoms with E-state index in [9.17, 15) is 4.79 Å². The lowest BCUT2D eigenvalue weighted by molar-refractivity contribution is -0.0281. The summed E-state index contributed by atoms with van der Waals surface area (Å²) in [5.74, 6) is -0.457. The van der Waals surface area contributed by atoms with Crippen LogP contribution in [-0.2, 0) is 9.47 Å². The first-order chi connectivity index (χ1) is 8.28. The first-order valence-electron chi connectivity index (χ1n) is 5.65. The molecule has 0 bridgehead atoms. The monoisotopic (exact) mass is 271 g/mol. The lowest BCUT2D eigenvalue weighted by atomic mass is 10.2. The molecule has 0 atom stereocenters. The molecule has 4 nitrogen and oxygen atoms in total. The molecule has 1 aromatic carbocycles. The van der Waals surface area contributed by atoms with Crippen LogP contribution in [0.15, 0.2) is 18.2 Å². The summed E-state index contributed by atoms with van der Waals surface area (Å²) in [4.78, 5) is 11.7. The second-order valence-corrected chi connectivity index (χ2v) is 5.31. The molecule has 1 aromatic rings. The standard InChI is InChI=1S/C13H18ClNO3/c1-13(2,3)18-5-4-17-12(16)9-6-10(14)8-11(15)7-9/h6-8H,4-5,15H2,1-3H3. The third-order valence-electron chi connectivity index (χ3n) is 2.01. The molecule has 0 spiro atoms. The molecule has 0 aliphatic rings. The van der Waals surface area contributed by atoms with E-state index < -0.39 is 5.97 Å². The highest BCUT2D eigenvalue weighted by Gasteiger charge is 2.12. The Labute approximate surface area is 112 Å². The van der Waals surface area contributed by atoms with E-state index in [4.69, 9.17) is 26.8 Å². The Morgan fingerprint density at radius 2 is 1.94 bits per heavy atom. The summed E-state index contributed by atoms with van der Waals surface area (Å²) in [6.07, 6.45) is 0. The van der Waals surface area contributed by atoms with Crippen LogP contribution in [0.5, 0.6) is 0 Å². The van der Waals surface area contributed by atoms with Gasteiger partial charge in [-0.3, -0.25) is 0 Å². The number of anilines is 1. The number of hydrogen-bond acceptors (Lipinski definition) is 4. The highest BCUT2D eigenvalue weighted by molar-refractivity contribution is 6.31. The fourth-order valence-corrected chi connectivity index (χ4v) is 1.54. The number of ether oxygens (including phenoxy) is 2. The van der Waals surface area contributed by atoms with E-state index in [0.717, 1.165) is 0 Å². The Morgan fingerprint density at radius 1 is 1.28 bits per heavy atom. The molecule has 18 heavy (non-hydrogen) atoms. The van der Waals surface area contributed by atoms with Crippen molar-refractivity contribution < 1.29 is 14.3 Å². The quantitative estimate of drug-likeness (QED) is 0.520. The van der Waals surface area contributed by atoms with E-state index >= 15 is 0 Å². The van der Waals surface area contributed by atoms with Gasteiger partial charge in [-0.1, -0.05) is 11.6 Å². The van der Waals surface area contributed by atoms with Crippen molar-refractivity contribution in [2.24, 2.45) is 0 Å². The van der Waals surface area contributed by atoms with Crippen molar-refractivity contribution >= 4 is 23.3 Å². The van der Waals surface area contributed by atoms with Gasteiger partial charge >= 0.3 is 5.97 Å². The van der Waals surface area contributed by atoms with Crippen molar-refractivity contribution in [2.45, 2.75) is 26.4 Å². The molecule has 0 amide bonds. The molecular weight excluding hydrogens is 254 g/mol. The first kappa shape index (κ1) is 14.8. The SMILES string of the molecule is CC(C)(C)OCCOC(=O)c1cc(N)cc(Cl)c1. The summed E-state index contributed by atoms with van der Waals surface area (Å²) in [6.45, 7) is 6.36. The van der Waals surface area contributed by atoms with Gasteiger partial charge in [0.1, 0.15) is 6.61 Å². The number of halogens is 1. The Hall–Kier alpha value is -1.26. The summed E-state index contributed by atoms with van der Waals surface area (Å²) in [6, 6.07) is 4.62. The summed E-state index contributed by atoms with van der Waals surface area (Å²) in [5, 5.41) is 0.410. The summed E-state index contributed by atoms with van der Waals surface area (Å²) in [5.41, 5.74) is 6.12. The molecule has 0 radical (unpaired) electrons. The third-order valence-corrected chi connectivity index (χ3v) is 2.23. The largest absolute Gasteiger partial charge is 0.460 e. The lowest BCUT2D eigenvalue weighted by Crippen LogP contribution is -2.22. The highest BCUT2D eigenvalue weighted by atomic mass is 35.5. The molecule has 0 aliphatic heterocycles. The fraction of sp³-hybridized carbons (Fsp3) is 0.462. The van der Waals surface area contributed by atoms with Crippen LogP contribution < -0.4 is 5.73 Å². The zero-order valence-electron chi connectivity index (χ0n) is 10.8. The zero-order valence-corrected chi connectivity index (χ0v) is 11.6. The maximum atomic E-state index is 11.7. The van der Waals surface area contributed by atoms with E-state index in [0.29, 0.717) is 22.9 Å². The van der Waals surface area contributed by atoms with Crippen LogP contribution in [0.25, 0.3) is 0 Å². The third kappa shape index (κ3) is 5.38. The number of nitrogens with two attached hydrogens (primary N) is 1. The number of esters is 1. The Balaban J connectivity index is 2.46. The smallest absolute Gasteiger partial charge is 0.338 e. The molecule has 1 rings (SSSR count). The molecule has 5 heteroatoms. The predicted octanol–water partition coefficient (Wildman–Crippen LogP) is 2.89. The second-order valence-electron chi connectivity index (χ2n) is 4.87. The van der Waals surface area contributed by atoms with Gasteiger partial charge in [0.05, 0.1) is 17.8 Å². The van der Waals surface area contributed by atoms with Gasteiger partial charge in [-0.25, -0.2) is 4.79 Å². The minimum absolute atomic E-state index is 0.197. The minimum atomic E-state index is -0.457. The average Bonchev–Trinajstić information content (AvgIpc) is 2.21. The average molecular weight is 272 g/mol. The number of nitrogen functional groups attached to an aromatic ring is 1. The van der Waals surface area contributed by atoms with Crippen molar-refractivity contribution in [3.63, 3.8) is 0 Å². The molecule has 0 unspecified atom stereocenters. The number of benzene rings is 1. The summed E-state index contributed by atoms with van der Waals surface area (Å²) < 4.78 is 10.5. The van der Waals surface area contributed by atoms with Crippen LogP contribution in [0.1, 0.15) is 31.1 Å². The molecule has 0 saturated carbocycles. The molecule has 0 saturated heterocycles. The number of carbonyl (C=O) groups excluding carboxylic acids is 1. The predicted molar refractivity (Wildman–Crippen MR) is 71.9 cm³/mol. The molecule has 0 heterocycles. The van der Waals surface area contributed by atoms with Crippen LogP contribution in [0, 0.1) is 0 Å². The zero-order chi connectivity index (χ0) is 13.8. The van der Waals surface area contributed by atoms with Crippen molar-refractivity contribution in [3.8, 4) is 0 Å². The Bertz CT molecular complexity index is 406. The minimum Gasteiger partial charge on any atom is -0.460 e.